The molecule has 3 atom stereocenters. The smallest absolute Gasteiger partial charge is 0.318 e. The van der Waals surface area contributed by atoms with E-state index in [-0.39, 0.29) is 18.0 Å². The Morgan fingerprint density at radius 3 is 2.47 bits per heavy atom. The van der Waals surface area contributed by atoms with Crippen LogP contribution in [0, 0.1) is 5.92 Å². The van der Waals surface area contributed by atoms with Gasteiger partial charge in [-0.15, -0.1) is 0 Å². The minimum Gasteiger partial charge on any atom is -0.429 e. The Hall–Kier alpha value is -0.570. The molecule has 1 spiro atoms. The van der Waals surface area contributed by atoms with Crippen LogP contribution in [-0.2, 0) is 14.3 Å². The highest BCUT2D eigenvalue weighted by atomic mass is 16.8. The van der Waals surface area contributed by atoms with Gasteiger partial charge in [-0.1, -0.05) is 39.5 Å². The monoisotopic (exact) mass is 212 g/mol. The molecule has 0 aromatic carbocycles. The van der Waals surface area contributed by atoms with Gasteiger partial charge in [0.1, 0.15) is 12.0 Å². The molecule has 0 saturated carbocycles. The maximum atomic E-state index is 11.3. The maximum absolute atomic E-state index is 11.3. The van der Waals surface area contributed by atoms with Gasteiger partial charge in [0.2, 0.25) is 0 Å². The lowest BCUT2D eigenvalue weighted by Gasteiger charge is -2.33. The van der Waals surface area contributed by atoms with E-state index >= 15 is 0 Å². The molecule has 0 unspecified atom stereocenters. The number of carbonyl (C=O) groups excluding carboxylic acids is 1. The summed E-state index contributed by atoms with van der Waals surface area (Å²) in [4.78, 5) is 11.3. The van der Waals surface area contributed by atoms with Crippen LogP contribution in [0.15, 0.2) is 0 Å². The van der Waals surface area contributed by atoms with E-state index in [0.29, 0.717) is 0 Å². The molecule has 0 aromatic rings. The third-order valence-electron chi connectivity index (χ3n) is 3.41. The molecule has 0 N–H and O–H groups in total. The molecule has 2 aliphatic rings. The molecule has 2 aliphatic heterocycles. The molecule has 3 nitrogen and oxygen atoms in total. The van der Waals surface area contributed by atoms with E-state index < -0.39 is 5.79 Å². The van der Waals surface area contributed by atoms with Crippen molar-refractivity contribution in [3.63, 3.8) is 0 Å². The van der Waals surface area contributed by atoms with Gasteiger partial charge >= 0.3 is 5.97 Å². The van der Waals surface area contributed by atoms with Crippen molar-refractivity contribution in [1.29, 1.82) is 0 Å². The van der Waals surface area contributed by atoms with Crippen LogP contribution in [0.1, 0.15) is 52.4 Å². The molecule has 0 aromatic heterocycles. The minimum atomic E-state index is -0.471. The van der Waals surface area contributed by atoms with Gasteiger partial charge in [0.05, 0.1) is 0 Å². The molecule has 2 fully saturated rings. The fourth-order valence-electron chi connectivity index (χ4n) is 2.37. The molecule has 2 saturated heterocycles. The average Bonchev–Trinajstić information content (AvgIpc) is 2.92. The van der Waals surface area contributed by atoms with Crippen LogP contribution in [0.25, 0.3) is 0 Å². The fourth-order valence-corrected chi connectivity index (χ4v) is 2.37. The second-order valence-corrected chi connectivity index (χ2v) is 4.59. The Bertz CT molecular complexity index is 251. The summed E-state index contributed by atoms with van der Waals surface area (Å²) in [5.41, 5.74) is 0. The summed E-state index contributed by atoms with van der Waals surface area (Å²) in [6, 6.07) is 0. The molecular weight excluding hydrogens is 192 g/mol. The molecule has 0 amide bonds. The van der Waals surface area contributed by atoms with Gasteiger partial charge < -0.3 is 9.47 Å². The molecule has 15 heavy (non-hydrogen) atoms. The van der Waals surface area contributed by atoms with Crippen molar-refractivity contribution in [1.82, 2.24) is 0 Å². The largest absolute Gasteiger partial charge is 0.429 e. The Labute approximate surface area is 91.1 Å². The number of rotatable bonds is 6. The van der Waals surface area contributed by atoms with E-state index in [1.807, 2.05) is 0 Å². The maximum Gasteiger partial charge on any atom is 0.318 e. The third-order valence-corrected chi connectivity index (χ3v) is 3.41. The lowest BCUT2D eigenvalue weighted by molar-refractivity contribution is -0.211. The highest BCUT2D eigenvalue weighted by molar-refractivity contribution is 5.81. The van der Waals surface area contributed by atoms with Crippen molar-refractivity contribution < 1.29 is 14.3 Å². The number of ether oxygens (including phenoxy) is 2. The lowest BCUT2D eigenvalue weighted by atomic mass is 9.87. The molecule has 2 rings (SSSR count). The standard InChI is InChI=1S/C12H20O3/c1-3-5-7-9-11(13)15-12(9)10(14-12)8-6-4-2/h9-10H,3-8H2,1-2H3/t9-,10-,12+/m0/s1. The summed E-state index contributed by atoms with van der Waals surface area (Å²) in [6.07, 6.45) is 6.69. The SMILES string of the molecule is CCCC[C@@H]1O[C@]12OC(=O)[C@@H]2CCCC. The zero-order valence-corrected chi connectivity index (χ0v) is 9.62. The van der Waals surface area contributed by atoms with Crippen LogP contribution in [0.5, 0.6) is 0 Å². The van der Waals surface area contributed by atoms with Crippen molar-refractivity contribution in [3.05, 3.63) is 0 Å². The first-order chi connectivity index (χ1) is 7.24. The van der Waals surface area contributed by atoms with Crippen molar-refractivity contribution >= 4 is 5.97 Å². The molecule has 0 radical (unpaired) electrons. The first-order valence-corrected chi connectivity index (χ1v) is 6.15. The Kier molecular flexibility index (Phi) is 3.01. The summed E-state index contributed by atoms with van der Waals surface area (Å²) >= 11 is 0. The zero-order valence-electron chi connectivity index (χ0n) is 9.62. The van der Waals surface area contributed by atoms with Crippen molar-refractivity contribution in [3.8, 4) is 0 Å². The zero-order chi connectivity index (χ0) is 10.9. The van der Waals surface area contributed by atoms with Crippen LogP contribution < -0.4 is 0 Å². The highest BCUT2D eigenvalue weighted by Gasteiger charge is 2.73. The molecule has 3 heteroatoms. The first kappa shape index (κ1) is 10.9. The van der Waals surface area contributed by atoms with E-state index in [2.05, 4.69) is 13.8 Å². The van der Waals surface area contributed by atoms with E-state index in [0.717, 1.165) is 32.1 Å². The van der Waals surface area contributed by atoms with Gasteiger partial charge in [0, 0.05) is 0 Å². The van der Waals surface area contributed by atoms with E-state index in [1.165, 1.54) is 6.42 Å². The quantitative estimate of drug-likeness (QED) is 0.502. The Balaban J connectivity index is 1.81. The van der Waals surface area contributed by atoms with E-state index in [4.69, 9.17) is 9.47 Å². The number of unbranched alkanes of at least 4 members (excludes halogenated alkanes) is 2. The number of carbonyl (C=O) groups is 1. The Morgan fingerprint density at radius 1 is 1.20 bits per heavy atom. The minimum absolute atomic E-state index is 0.0271. The van der Waals surface area contributed by atoms with Crippen molar-refractivity contribution in [2.24, 2.45) is 5.92 Å². The number of hydrogen-bond acceptors (Lipinski definition) is 3. The molecule has 86 valence electrons. The first-order valence-electron chi connectivity index (χ1n) is 6.15. The van der Waals surface area contributed by atoms with Crippen LogP contribution >= 0.6 is 0 Å². The highest BCUT2D eigenvalue weighted by Crippen LogP contribution is 2.55. The fraction of sp³-hybridized carbons (Fsp3) is 0.917. The molecule has 0 bridgehead atoms. The second-order valence-electron chi connectivity index (χ2n) is 4.59. The molecular formula is C12H20O3. The van der Waals surface area contributed by atoms with Gasteiger partial charge in [-0.25, -0.2) is 0 Å². The van der Waals surface area contributed by atoms with Gasteiger partial charge in [0.15, 0.2) is 0 Å². The van der Waals surface area contributed by atoms with Crippen LogP contribution in [0.4, 0.5) is 0 Å². The van der Waals surface area contributed by atoms with Crippen LogP contribution in [0.2, 0.25) is 0 Å². The summed E-state index contributed by atoms with van der Waals surface area (Å²) < 4.78 is 10.8. The van der Waals surface area contributed by atoms with E-state index in [9.17, 15) is 4.79 Å². The summed E-state index contributed by atoms with van der Waals surface area (Å²) in [5, 5.41) is 0. The van der Waals surface area contributed by atoms with Gasteiger partial charge in [-0.3, -0.25) is 4.79 Å². The topological polar surface area (TPSA) is 38.8 Å². The van der Waals surface area contributed by atoms with Crippen molar-refractivity contribution in [2.75, 3.05) is 0 Å². The summed E-state index contributed by atoms with van der Waals surface area (Å²) in [6.45, 7) is 4.30. The van der Waals surface area contributed by atoms with Crippen LogP contribution in [0.3, 0.4) is 0 Å². The number of esters is 1. The summed E-state index contributed by atoms with van der Waals surface area (Å²) in [7, 11) is 0. The normalized spacial score (nSPS) is 37.6. The Morgan fingerprint density at radius 2 is 1.87 bits per heavy atom. The third kappa shape index (κ3) is 1.78. The predicted molar refractivity (Wildman–Crippen MR) is 56.2 cm³/mol. The molecule has 2 heterocycles. The number of epoxide rings is 1. The lowest BCUT2D eigenvalue weighted by Crippen LogP contribution is -2.50. The second kappa shape index (κ2) is 4.12. The van der Waals surface area contributed by atoms with Gasteiger partial charge in [0.25, 0.3) is 5.79 Å². The summed E-state index contributed by atoms with van der Waals surface area (Å²) in [5.74, 6) is -0.497. The van der Waals surface area contributed by atoms with Crippen LogP contribution in [-0.4, -0.2) is 17.9 Å². The van der Waals surface area contributed by atoms with Gasteiger partial charge in [-0.05, 0) is 12.8 Å². The van der Waals surface area contributed by atoms with E-state index in [1.54, 1.807) is 0 Å². The number of hydrogen-bond donors (Lipinski definition) is 0. The average molecular weight is 212 g/mol. The molecule has 0 aliphatic carbocycles. The van der Waals surface area contributed by atoms with Crippen molar-refractivity contribution in [2.45, 2.75) is 64.3 Å². The predicted octanol–water partition coefficient (Wildman–Crippen LogP) is 2.63. The van der Waals surface area contributed by atoms with Gasteiger partial charge in [-0.2, -0.15) is 0 Å².